The summed E-state index contributed by atoms with van der Waals surface area (Å²) in [6.45, 7) is 13.3. The first-order valence-corrected chi connectivity index (χ1v) is 16.7. The van der Waals surface area contributed by atoms with Gasteiger partial charge in [0.1, 0.15) is 17.3 Å². The van der Waals surface area contributed by atoms with Crippen LogP contribution in [0.15, 0.2) is 110 Å². The number of hydrogen-bond donors (Lipinski definition) is 0. The van der Waals surface area contributed by atoms with Crippen LogP contribution in [0.1, 0.15) is 49.9 Å². The van der Waals surface area contributed by atoms with Gasteiger partial charge in [-0.1, -0.05) is 64.1 Å². The van der Waals surface area contributed by atoms with E-state index in [1.54, 1.807) is 0 Å². The monoisotopic (exact) mass is 618 g/mol. The first-order valence-electron chi connectivity index (χ1n) is 16.7. The lowest BCUT2D eigenvalue weighted by atomic mass is 9.98. The molecule has 3 aromatic heterocycles. The Kier molecular flexibility index (Phi) is 8.15. The average molecular weight is 619 g/mol. The second-order valence-corrected chi connectivity index (χ2v) is 13.6. The molecule has 0 amide bonds. The zero-order valence-electron chi connectivity index (χ0n) is 28.2. The molecule has 236 valence electrons. The Bertz CT molecular complexity index is 2200. The van der Waals surface area contributed by atoms with Gasteiger partial charge < -0.3 is 4.74 Å². The maximum absolute atomic E-state index is 6.69. The Labute approximate surface area is 277 Å². The van der Waals surface area contributed by atoms with Crippen LogP contribution < -0.4 is 4.74 Å². The van der Waals surface area contributed by atoms with Crippen LogP contribution in [0.2, 0.25) is 0 Å². The van der Waals surface area contributed by atoms with Crippen LogP contribution in [0.4, 0.5) is 0 Å². The largest absolute Gasteiger partial charge is 0.457 e. The van der Waals surface area contributed by atoms with Gasteiger partial charge in [-0.25, -0.2) is 9.67 Å². The van der Waals surface area contributed by atoms with E-state index in [2.05, 4.69) is 143 Å². The second kappa shape index (κ2) is 12.6. The molecule has 0 saturated heterocycles. The van der Waals surface area contributed by atoms with Crippen LogP contribution in [-0.2, 0) is 12.8 Å². The highest BCUT2D eigenvalue weighted by molar-refractivity contribution is 6.09. The molecule has 47 heavy (non-hydrogen) atoms. The van der Waals surface area contributed by atoms with Crippen molar-refractivity contribution in [2.45, 2.75) is 54.4 Å². The van der Waals surface area contributed by atoms with Gasteiger partial charge >= 0.3 is 0 Å². The van der Waals surface area contributed by atoms with Gasteiger partial charge in [-0.2, -0.15) is 5.10 Å². The molecule has 0 aliphatic heterocycles. The van der Waals surface area contributed by atoms with Crippen LogP contribution in [0.25, 0.3) is 44.4 Å². The minimum atomic E-state index is 0.506. The van der Waals surface area contributed by atoms with E-state index < -0.39 is 0 Å². The van der Waals surface area contributed by atoms with Gasteiger partial charge in [0.25, 0.3) is 0 Å². The smallest absolute Gasteiger partial charge is 0.137 e. The summed E-state index contributed by atoms with van der Waals surface area (Å²) >= 11 is 0. The summed E-state index contributed by atoms with van der Waals surface area (Å²) in [7, 11) is 0. The summed E-state index contributed by atoms with van der Waals surface area (Å²) in [5.41, 5.74) is 10.5. The molecule has 5 heteroatoms. The van der Waals surface area contributed by atoms with Crippen LogP contribution >= 0.6 is 0 Å². The minimum absolute atomic E-state index is 0.506. The molecule has 0 bridgehead atoms. The van der Waals surface area contributed by atoms with E-state index in [0.29, 0.717) is 11.8 Å². The highest BCUT2D eigenvalue weighted by Gasteiger charge is 2.16. The summed E-state index contributed by atoms with van der Waals surface area (Å²) in [4.78, 5) is 4.83. The summed E-state index contributed by atoms with van der Waals surface area (Å²) in [6, 6.07) is 32.2. The van der Waals surface area contributed by atoms with Crippen molar-refractivity contribution in [3.05, 3.63) is 132 Å². The van der Waals surface area contributed by atoms with Gasteiger partial charge in [-0.15, -0.1) is 0 Å². The lowest BCUT2D eigenvalue weighted by molar-refractivity contribution is 0.481. The normalized spacial score (nSPS) is 11.7. The molecule has 4 aromatic carbocycles. The fraction of sp³-hybridized carbons (Fsp3) is 0.238. The fourth-order valence-corrected chi connectivity index (χ4v) is 6.86. The number of benzene rings is 4. The number of aryl methyl sites for hydroxylation is 2. The Morgan fingerprint density at radius 2 is 1.43 bits per heavy atom. The predicted molar refractivity (Wildman–Crippen MR) is 194 cm³/mol. The number of aromatic nitrogens is 4. The van der Waals surface area contributed by atoms with Gasteiger partial charge in [0, 0.05) is 40.9 Å². The summed E-state index contributed by atoms with van der Waals surface area (Å²) < 4.78 is 10.9. The van der Waals surface area contributed by atoms with Crippen molar-refractivity contribution in [1.29, 1.82) is 0 Å². The third-order valence-electron chi connectivity index (χ3n) is 8.78. The molecule has 3 heterocycles. The lowest BCUT2D eigenvalue weighted by Crippen LogP contribution is -2.01. The molecule has 0 aliphatic rings. The fourth-order valence-electron chi connectivity index (χ4n) is 6.86. The molecule has 0 spiro atoms. The third kappa shape index (κ3) is 6.18. The van der Waals surface area contributed by atoms with Crippen molar-refractivity contribution in [2.24, 2.45) is 11.8 Å². The van der Waals surface area contributed by atoms with Crippen LogP contribution in [-0.4, -0.2) is 19.3 Å². The minimum Gasteiger partial charge on any atom is -0.457 e. The molecule has 0 fully saturated rings. The standard InChI is InChI=1S/C42H42N4O/c1-27(2)18-31-16-17-43-41(22-31)46-39-13-8-7-12-37(39)38-15-14-35(24-40(38)46)47-36-21-32(19-28(3)4)20-34(23-36)45-26-33(25-44-45)42-29(5)10-9-11-30(42)6/h7-17,20-28H,18-19H2,1-6H3. The number of nitrogens with zero attached hydrogens (tertiary/aromatic N) is 4. The number of para-hydroxylation sites is 1. The third-order valence-corrected chi connectivity index (χ3v) is 8.78. The quantitative estimate of drug-likeness (QED) is 0.162. The van der Waals surface area contributed by atoms with Crippen molar-refractivity contribution in [1.82, 2.24) is 19.3 Å². The number of ether oxygens (including phenoxy) is 1. The molecule has 0 saturated carbocycles. The van der Waals surface area contributed by atoms with Gasteiger partial charge in [0.2, 0.25) is 0 Å². The van der Waals surface area contributed by atoms with E-state index in [-0.39, 0.29) is 0 Å². The number of fused-ring (bicyclic) bond motifs is 3. The Hall–Kier alpha value is -5.16. The topological polar surface area (TPSA) is 44.9 Å². The molecular weight excluding hydrogens is 576 g/mol. The molecule has 0 N–H and O–H groups in total. The van der Waals surface area contributed by atoms with Gasteiger partial charge in [-0.05, 0) is 109 Å². The van der Waals surface area contributed by atoms with Gasteiger partial charge in [0.15, 0.2) is 0 Å². The van der Waals surface area contributed by atoms with E-state index >= 15 is 0 Å². The number of rotatable bonds is 9. The van der Waals surface area contributed by atoms with Crippen LogP contribution in [0.5, 0.6) is 11.5 Å². The zero-order chi connectivity index (χ0) is 32.7. The summed E-state index contributed by atoms with van der Waals surface area (Å²) in [5, 5.41) is 7.17. The Balaban J connectivity index is 1.30. The first-order chi connectivity index (χ1) is 22.7. The van der Waals surface area contributed by atoms with E-state index in [4.69, 9.17) is 14.8 Å². The second-order valence-electron chi connectivity index (χ2n) is 13.6. The van der Waals surface area contributed by atoms with Crippen LogP contribution in [0.3, 0.4) is 0 Å². The molecule has 0 atom stereocenters. The zero-order valence-corrected chi connectivity index (χ0v) is 28.2. The predicted octanol–water partition coefficient (Wildman–Crippen LogP) is 10.8. The molecular formula is C42H42N4O. The highest BCUT2D eigenvalue weighted by atomic mass is 16.5. The van der Waals surface area contributed by atoms with Crippen molar-refractivity contribution < 1.29 is 4.74 Å². The number of hydrogen-bond acceptors (Lipinski definition) is 3. The SMILES string of the molecule is Cc1cccc(C)c1-c1cnn(-c2cc(CC(C)C)cc(Oc3ccc4c5ccccc5n(-c5cc(CC(C)C)ccn5)c4c3)c2)c1. The van der Waals surface area contributed by atoms with E-state index in [0.717, 1.165) is 52.4 Å². The first kappa shape index (κ1) is 30.5. The van der Waals surface area contributed by atoms with Crippen molar-refractivity contribution in [3.63, 3.8) is 0 Å². The van der Waals surface area contributed by atoms with E-state index in [1.165, 1.54) is 38.6 Å². The number of pyridine rings is 1. The van der Waals surface area contributed by atoms with Gasteiger partial charge in [-0.3, -0.25) is 4.57 Å². The molecule has 0 aliphatic carbocycles. The average Bonchev–Trinajstić information content (AvgIpc) is 3.63. The Morgan fingerprint density at radius 3 is 2.21 bits per heavy atom. The maximum Gasteiger partial charge on any atom is 0.137 e. The van der Waals surface area contributed by atoms with Gasteiger partial charge in [0.05, 0.1) is 22.9 Å². The highest BCUT2D eigenvalue weighted by Crippen LogP contribution is 2.36. The summed E-state index contributed by atoms with van der Waals surface area (Å²) in [6.07, 6.45) is 7.97. The maximum atomic E-state index is 6.69. The molecule has 7 rings (SSSR count). The van der Waals surface area contributed by atoms with Crippen molar-refractivity contribution in [2.75, 3.05) is 0 Å². The molecule has 0 radical (unpaired) electrons. The lowest BCUT2D eigenvalue weighted by Gasteiger charge is -2.14. The Morgan fingerprint density at radius 1 is 0.681 bits per heavy atom. The molecule has 5 nitrogen and oxygen atoms in total. The molecule has 7 aromatic rings. The van der Waals surface area contributed by atoms with Crippen LogP contribution in [0, 0.1) is 25.7 Å². The van der Waals surface area contributed by atoms with Crippen molar-refractivity contribution in [3.8, 4) is 34.1 Å². The molecule has 0 unspecified atom stereocenters. The van der Waals surface area contributed by atoms with Crippen molar-refractivity contribution >= 4 is 21.8 Å². The summed E-state index contributed by atoms with van der Waals surface area (Å²) in [5.74, 6) is 3.57. The van der Waals surface area contributed by atoms with E-state index in [1.807, 2.05) is 17.1 Å². The van der Waals surface area contributed by atoms with E-state index in [9.17, 15) is 0 Å².